The molecule has 0 radical (unpaired) electrons. The van der Waals surface area contributed by atoms with Crippen LogP contribution in [0.15, 0.2) is 25.7 Å². The Morgan fingerprint density at radius 2 is 0.958 bits per heavy atom. The van der Waals surface area contributed by atoms with Gasteiger partial charge in [-0.1, -0.05) is 13.2 Å². The van der Waals surface area contributed by atoms with Gasteiger partial charge >= 0.3 is 23.9 Å². The summed E-state index contributed by atoms with van der Waals surface area (Å²) in [4.78, 5) is 41.4. The third-order valence-corrected chi connectivity index (χ3v) is 2.47. The summed E-state index contributed by atoms with van der Waals surface area (Å²) >= 11 is 0. The van der Waals surface area contributed by atoms with Crippen LogP contribution >= 0.6 is 0 Å². The molecule has 8 nitrogen and oxygen atoms in total. The molecule has 136 valence electrons. The van der Waals surface area contributed by atoms with Crippen LogP contribution in [-0.4, -0.2) is 34.1 Å². The average Bonchev–Trinajstić information content (AvgIpc) is 2.49. The van der Waals surface area contributed by atoms with E-state index in [4.69, 9.17) is 10.2 Å². The number of esters is 2. The molecule has 0 atom stereocenters. The number of rotatable bonds is 12. The van der Waals surface area contributed by atoms with Gasteiger partial charge in [0.2, 0.25) is 0 Å². The number of carboxylic acid groups (broad SMARTS) is 2. The lowest BCUT2D eigenvalue weighted by Crippen LogP contribution is -2.01. The molecule has 0 aromatic heterocycles. The zero-order valence-electron chi connectivity index (χ0n) is 13.6. The second kappa shape index (κ2) is 16.7. The minimum atomic E-state index is -0.870. The highest BCUT2D eigenvalue weighted by molar-refractivity contribution is 5.71. The van der Waals surface area contributed by atoms with Gasteiger partial charge in [-0.25, -0.2) is 0 Å². The topological polar surface area (TPSA) is 127 Å². The van der Waals surface area contributed by atoms with Crippen molar-refractivity contribution in [2.75, 3.05) is 0 Å². The van der Waals surface area contributed by atoms with Crippen molar-refractivity contribution in [3.8, 4) is 0 Å². The molecule has 0 aliphatic rings. The Morgan fingerprint density at radius 1 is 0.667 bits per heavy atom. The molecular weight excluding hydrogens is 320 g/mol. The van der Waals surface area contributed by atoms with Gasteiger partial charge in [-0.05, 0) is 25.7 Å². The largest absolute Gasteiger partial charge is 0.481 e. The van der Waals surface area contributed by atoms with Crippen molar-refractivity contribution in [1.29, 1.82) is 0 Å². The van der Waals surface area contributed by atoms with Crippen molar-refractivity contribution in [1.82, 2.24) is 0 Å². The fraction of sp³-hybridized carbons (Fsp3) is 0.500. The van der Waals surface area contributed by atoms with E-state index >= 15 is 0 Å². The van der Waals surface area contributed by atoms with Gasteiger partial charge in [-0.3, -0.25) is 19.2 Å². The highest BCUT2D eigenvalue weighted by Gasteiger charge is 2.03. The molecule has 0 amide bonds. The molecule has 24 heavy (non-hydrogen) atoms. The van der Waals surface area contributed by atoms with Crippen LogP contribution in [0.1, 0.15) is 51.4 Å². The third kappa shape index (κ3) is 21.7. The SMILES string of the molecule is C=COC(=O)CCCCC(=O)OC=C.O=C(O)CCCCC(=O)O. The van der Waals surface area contributed by atoms with E-state index in [-0.39, 0.29) is 37.6 Å². The summed E-state index contributed by atoms with van der Waals surface area (Å²) in [6, 6.07) is 0. The van der Waals surface area contributed by atoms with Gasteiger partial charge in [0.15, 0.2) is 0 Å². The Balaban J connectivity index is 0. The van der Waals surface area contributed by atoms with Crippen molar-refractivity contribution >= 4 is 23.9 Å². The fourth-order valence-electron chi connectivity index (χ4n) is 1.39. The van der Waals surface area contributed by atoms with E-state index in [1.807, 2.05) is 0 Å². The quantitative estimate of drug-likeness (QED) is 0.314. The van der Waals surface area contributed by atoms with E-state index in [0.717, 1.165) is 12.5 Å². The zero-order valence-corrected chi connectivity index (χ0v) is 13.6. The number of carboxylic acids is 2. The van der Waals surface area contributed by atoms with Crippen LogP contribution < -0.4 is 0 Å². The lowest BCUT2D eigenvalue weighted by Gasteiger charge is -1.99. The molecule has 0 saturated heterocycles. The standard InChI is InChI=1S/C10H14O4.C6H10O4/c1-3-13-9(11)7-5-6-8-10(12)14-4-2;7-5(8)3-1-2-4-6(9)10/h3-4H,1-2,5-8H2;1-4H2,(H,7,8)(H,9,10). The number of carbonyl (C=O) groups is 4. The molecule has 0 unspecified atom stereocenters. The van der Waals surface area contributed by atoms with E-state index in [1.165, 1.54) is 0 Å². The van der Waals surface area contributed by atoms with Gasteiger partial charge in [0.25, 0.3) is 0 Å². The predicted octanol–water partition coefficient (Wildman–Crippen LogP) is 2.64. The maximum atomic E-state index is 10.8. The van der Waals surface area contributed by atoms with Crippen molar-refractivity contribution < 1.29 is 38.9 Å². The fourth-order valence-corrected chi connectivity index (χ4v) is 1.39. The molecule has 0 aliphatic carbocycles. The van der Waals surface area contributed by atoms with E-state index in [0.29, 0.717) is 25.7 Å². The summed E-state index contributed by atoms with van der Waals surface area (Å²) in [5.74, 6) is -2.41. The summed E-state index contributed by atoms with van der Waals surface area (Å²) in [7, 11) is 0. The number of hydrogen-bond acceptors (Lipinski definition) is 6. The molecule has 0 heterocycles. The first-order valence-electron chi connectivity index (χ1n) is 7.37. The Kier molecular flexibility index (Phi) is 16.5. The van der Waals surface area contributed by atoms with Gasteiger partial charge in [0.1, 0.15) is 0 Å². The molecule has 0 fully saturated rings. The van der Waals surface area contributed by atoms with Crippen LogP contribution in [0.25, 0.3) is 0 Å². The Bertz CT molecular complexity index is 388. The van der Waals surface area contributed by atoms with Crippen molar-refractivity contribution in [2.24, 2.45) is 0 Å². The number of hydrogen-bond donors (Lipinski definition) is 2. The monoisotopic (exact) mass is 344 g/mol. The number of aliphatic carboxylic acids is 2. The minimum Gasteiger partial charge on any atom is -0.481 e. The molecule has 0 aliphatic heterocycles. The highest BCUT2D eigenvalue weighted by Crippen LogP contribution is 2.03. The average molecular weight is 344 g/mol. The Morgan fingerprint density at radius 3 is 1.21 bits per heavy atom. The molecule has 0 saturated carbocycles. The first-order chi connectivity index (χ1) is 11.3. The number of ether oxygens (including phenoxy) is 2. The lowest BCUT2D eigenvalue weighted by atomic mass is 10.2. The highest BCUT2D eigenvalue weighted by atomic mass is 16.5. The first-order valence-corrected chi connectivity index (χ1v) is 7.37. The maximum absolute atomic E-state index is 10.8. The summed E-state index contributed by atoms with van der Waals surface area (Å²) in [6.07, 6.45) is 4.96. The molecule has 0 bridgehead atoms. The summed E-state index contributed by atoms with van der Waals surface area (Å²) in [6.45, 7) is 6.51. The van der Waals surface area contributed by atoms with Crippen LogP contribution in [0.5, 0.6) is 0 Å². The van der Waals surface area contributed by atoms with Crippen LogP contribution in [-0.2, 0) is 28.7 Å². The van der Waals surface area contributed by atoms with E-state index in [9.17, 15) is 19.2 Å². The van der Waals surface area contributed by atoms with Crippen LogP contribution in [0.3, 0.4) is 0 Å². The molecule has 2 N–H and O–H groups in total. The number of carbonyl (C=O) groups excluding carboxylic acids is 2. The molecule has 0 spiro atoms. The van der Waals surface area contributed by atoms with Gasteiger partial charge in [-0.15, -0.1) is 0 Å². The molecular formula is C16H24O8. The van der Waals surface area contributed by atoms with Gasteiger partial charge in [0.05, 0.1) is 12.5 Å². The van der Waals surface area contributed by atoms with E-state index in [1.54, 1.807) is 0 Å². The van der Waals surface area contributed by atoms with Crippen LogP contribution in [0.4, 0.5) is 0 Å². The second-order valence-electron chi connectivity index (χ2n) is 4.51. The third-order valence-electron chi connectivity index (χ3n) is 2.47. The first kappa shape index (κ1) is 23.6. The number of unbranched alkanes of at least 4 members (excludes halogenated alkanes) is 2. The molecule has 8 heteroatoms. The minimum absolute atomic E-state index is 0.0628. The Hall–Kier alpha value is -2.64. The molecule has 0 aromatic rings. The summed E-state index contributed by atoms with van der Waals surface area (Å²) in [5.41, 5.74) is 0. The lowest BCUT2D eigenvalue weighted by molar-refractivity contribution is -0.140. The smallest absolute Gasteiger partial charge is 0.310 e. The van der Waals surface area contributed by atoms with E-state index < -0.39 is 11.9 Å². The Labute approximate surface area is 140 Å². The molecule has 0 aromatic carbocycles. The maximum Gasteiger partial charge on any atom is 0.310 e. The summed E-state index contributed by atoms with van der Waals surface area (Å²) in [5, 5.41) is 16.3. The molecule has 0 rings (SSSR count). The summed E-state index contributed by atoms with van der Waals surface area (Å²) < 4.78 is 8.98. The van der Waals surface area contributed by atoms with Crippen molar-refractivity contribution in [3.63, 3.8) is 0 Å². The zero-order chi connectivity index (χ0) is 18.8. The van der Waals surface area contributed by atoms with Crippen LogP contribution in [0, 0.1) is 0 Å². The van der Waals surface area contributed by atoms with Crippen molar-refractivity contribution in [2.45, 2.75) is 51.4 Å². The van der Waals surface area contributed by atoms with Gasteiger partial charge in [0, 0.05) is 25.7 Å². The van der Waals surface area contributed by atoms with E-state index in [2.05, 4.69) is 22.6 Å². The second-order valence-corrected chi connectivity index (χ2v) is 4.51. The van der Waals surface area contributed by atoms with Gasteiger partial charge < -0.3 is 19.7 Å². The van der Waals surface area contributed by atoms with Gasteiger partial charge in [-0.2, -0.15) is 0 Å². The predicted molar refractivity (Wildman–Crippen MR) is 84.8 cm³/mol. The van der Waals surface area contributed by atoms with Crippen LogP contribution in [0.2, 0.25) is 0 Å². The van der Waals surface area contributed by atoms with Crippen molar-refractivity contribution in [3.05, 3.63) is 25.7 Å². The normalized spacial score (nSPS) is 9.00.